The van der Waals surface area contributed by atoms with Gasteiger partial charge in [0.25, 0.3) is 5.56 Å². The number of nitrogens with one attached hydrogen (secondary N) is 2. The van der Waals surface area contributed by atoms with Crippen molar-refractivity contribution in [2.24, 2.45) is 0 Å². The molecule has 0 aliphatic heterocycles. The van der Waals surface area contributed by atoms with E-state index in [4.69, 9.17) is 21.4 Å². The van der Waals surface area contributed by atoms with Gasteiger partial charge < -0.3 is 14.8 Å². The Morgan fingerprint density at radius 1 is 1.09 bits per heavy atom. The number of rotatable bonds is 7. The number of H-pyrrole nitrogens is 2. The summed E-state index contributed by atoms with van der Waals surface area (Å²) in [6.07, 6.45) is 4.88. The maximum atomic E-state index is 12.6. The Morgan fingerprint density at radius 3 is 2.59 bits per heavy atom. The fourth-order valence-corrected chi connectivity index (χ4v) is 4.50. The number of aromatic nitrogens is 2. The van der Waals surface area contributed by atoms with E-state index in [-0.39, 0.29) is 24.7 Å². The molecular formula is C25H25ClN2O4. The molecule has 1 atom stereocenters. The molecule has 7 heteroatoms. The fraction of sp³-hybridized carbons (Fsp3) is 0.280. The highest BCUT2D eigenvalue weighted by atomic mass is 35.5. The van der Waals surface area contributed by atoms with Crippen molar-refractivity contribution in [2.45, 2.75) is 31.6 Å². The van der Waals surface area contributed by atoms with Gasteiger partial charge in [0, 0.05) is 23.6 Å². The number of benzene rings is 2. The van der Waals surface area contributed by atoms with Crippen LogP contribution in [0.5, 0.6) is 5.75 Å². The summed E-state index contributed by atoms with van der Waals surface area (Å²) in [4.78, 5) is 29.9. The van der Waals surface area contributed by atoms with Crippen LogP contribution in [0.4, 0.5) is 0 Å². The van der Waals surface area contributed by atoms with E-state index in [9.17, 15) is 9.59 Å². The Kier molecular flexibility index (Phi) is 6.93. The van der Waals surface area contributed by atoms with E-state index in [1.54, 1.807) is 6.07 Å². The number of halogens is 1. The van der Waals surface area contributed by atoms with Crippen molar-refractivity contribution >= 4 is 17.2 Å². The molecule has 1 aromatic heterocycles. The van der Waals surface area contributed by atoms with E-state index < -0.39 is 5.69 Å². The fourth-order valence-electron chi connectivity index (χ4n) is 4.20. The first kappa shape index (κ1) is 22.1. The predicted molar refractivity (Wildman–Crippen MR) is 126 cm³/mol. The van der Waals surface area contributed by atoms with Gasteiger partial charge in [0.15, 0.2) is 0 Å². The molecule has 6 nitrogen and oxygen atoms in total. The van der Waals surface area contributed by atoms with Crippen molar-refractivity contribution in [2.75, 3.05) is 13.2 Å². The Labute approximate surface area is 190 Å². The monoisotopic (exact) mass is 452 g/mol. The van der Waals surface area contributed by atoms with Crippen LogP contribution in [0.3, 0.4) is 0 Å². The van der Waals surface area contributed by atoms with Gasteiger partial charge in [0.1, 0.15) is 12.4 Å². The molecule has 0 saturated carbocycles. The zero-order valence-corrected chi connectivity index (χ0v) is 18.3. The first-order chi connectivity index (χ1) is 15.5. The lowest BCUT2D eigenvalue weighted by atomic mass is 9.83. The Bertz CT molecular complexity index is 1230. The van der Waals surface area contributed by atoms with Crippen LogP contribution < -0.4 is 16.0 Å². The molecule has 0 spiro atoms. The molecule has 1 heterocycles. The summed E-state index contributed by atoms with van der Waals surface area (Å²) in [6, 6.07) is 15.3. The van der Waals surface area contributed by atoms with E-state index >= 15 is 0 Å². The molecular weight excluding hydrogens is 428 g/mol. The number of allylic oxidation sites excluding steroid dienone is 2. The lowest BCUT2D eigenvalue weighted by Crippen LogP contribution is -2.30. The maximum absolute atomic E-state index is 12.6. The molecule has 3 N–H and O–H groups in total. The van der Waals surface area contributed by atoms with Gasteiger partial charge in [-0.05, 0) is 54.2 Å². The second kappa shape index (κ2) is 10.0. The van der Waals surface area contributed by atoms with Crippen molar-refractivity contribution in [1.29, 1.82) is 0 Å². The van der Waals surface area contributed by atoms with Gasteiger partial charge in [-0.25, -0.2) is 4.79 Å². The molecule has 0 saturated heterocycles. The molecule has 0 amide bonds. The van der Waals surface area contributed by atoms with E-state index in [0.717, 1.165) is 35.2 Å². The first-order valence-corrected chi connectivity index (χ1v) is 11.0. The minimum Gasteiger partial charge on any atom is -0.491 e. The predicted octanol–water partition coefficient (Wildman–Crippen LogP) is 4.03. The quantitative estimate of drug-likeness (QED) is 0.504. The molecule has 0 radical (unpaired) electrons. The zero-order valence-electron chi connectivity index (χ0n) is 17.6. The maximum Gasteiger partial charge on any atom is 0.325 e. The lowest BCUT2D eigenvalue weighted by Gasteiger charge is -2.24. The van der Waals surface area contributed by atoms with E-state index in [2.05, 4.69) is 16.0 Å². The van der Waals surface area contributed by atoms with Crippen molar-refractivity contribution in [1.82, 2.24) is 9.97 Å². The number of hydrogen-bond acceptors (Lipinski definition) is 4. The third kappa shape index (κ3) is 5.03. The van der Waals surface area contributed by atoms with Gasteiger partial charge in [-0.2, -0.15) is 0 Å². The summed E-state index contributed by atoms with van der Waals surface area (Å²) < 4.78 is 5.42. The van der Waals surface area contributed by atoms with Gasteiger partial charge in [-0.3, -0.25) is 9.78 Å². The minimum absolute atomic E-state index is 0.0530. The summed E-state index contributed by atoms with van der Waals surface area (Å²) in [5.74, 6) is 0.673. The molecule has 166 valence electrons. The summed E-state index contributed by atoms with van der Waals surface area (Å²) in [5, 5.41) is 9.50. The molecule has 1 unspecified atom stereocenters. The van der Waals surface area contributed by atoms with Crippen LogP contribution in [0.1, 0.15) is 47.6 Å². The highest BCUT2D eigenvalue weighted by Crippen LogP contribution is 2.38. The smallest absolute Gasteiger partial charge is 0.325 e. The molecule has 1 aliphatic carbocycles. The molecule has 3 aromatic rings. The van der Waals surface area contributed by atoms with Crippen LogP contribution in [0, 0.1) is 0 Å². The molecule has 1 aliphatic rings. The minimum atomic E-state index is -0.474. The second-order valence-corrected chi connectivity index (χ2v) is 8.28. The first-order valence-electron chi connectivity index (χ1n) is 10.7. The van der Waals surface area contributed by atoms with Crippen molar-refractivity contribution < 1.29 is 9.84 Å². The van der Waals surface area contributed by atoms with Gasteiger partial charge in [-0.1, -0.05) is 48.0 Å². The Hall–Kier alpha value is -3.09. The van der Waals surface area contributed by atoms with E-state index in [0.29, 0.717) is 29.2 Å². The average molecular weight is 453 g/mol. The number of aliphatic hydroxyl groups excluding tert-OH is 1. The Balaban J connectivity index is 1.58. The SMILES string of the molecule is O=c1[nH]c(C2CC=C(c3ccc(OCCO)cc3Cl)CC2)c(Cc2ccccc2)c(=O)[nH]1. The lowest BCUT2D eigenvalue weighted by molar-refractivity contribution is 0.201. The van der Waals surface area contributed by atoms with Gasteiger partial charge in [0.2, 0.25) is 0 Å². The van der Waals surface area contributed by atoms with Crippen molar-refractivity contribution in [3.63, 3.8) is 0 Å². The van der Waals surface area contributed by atoms with Crippen LogP contribution in [0.15, 0.2) is 64.2 Å². The molecule has 0 fully saturated rings. The van der Waals surface area contributed by atoms with Gasteiger partial charge in [0.05, 0.1) is 11.6 Å². The van der Waals surface area contributed by atoms with Crippen LogP contribution >= 0.6 is 11.6 Å². The van der Waals surface area contributed by atoms with Crippen LogP contribution in [0.25, 0.3) is 5.57 Å². The third-order valence-electron chi connectivity index (χ3n) is 5.76. The summed E-state index contributed by atoms with van der Waals surface area (Å²) in [5.41, 5.74) is 3.63. The number of aliphatic hydroxyl groups is 1. The number of ether oxygens (including phenoxy) is 1. The summed E-state index contributed by atoms with van der Waals surface area (Å²) in [7, 11) is 0. The molecule has 32 heavy (non-hydrogen) atoms. The van der Waals surface area contributed by atoms with Gasteiger partial charge in [-0.15, -0.1) is 0 Å². The highest BCUT2D eigenvalue weighted by molar-refractivity contribution is 6.32. The van der Waals surface area contributed by atoms with E-state index in [1.165, 1.54) is 0 Å². The molecule has 4 rings (SSSR count). The zero-order chi connectivity index (χ0) is 22.5. The van der Waals surface area contributed by atoms with Crippen LogP contribution in [-0.2, 0) is 6.42 Å². The van der Waals surface area contributed by atoms with Crippen molar-refractivity contribution in [3.05, 3.63) is 103 Å². The highest BCUT2D eigenvalue weighted by Gasteiger charge is 2.23. The second-order valence-electron chi connectivity index (χ2n) is 7.88. The van der Waals surface area contributed by atoms with Crippen LogP contribution in [0.2, 0.25) is 5.02 Å². The largest absolute Gasteiger partial charge is 0.491 e. The third-order valence-corrected chi connectivity index (χ3v) is 6.08. The molecule has 0 bridgehead atoms. The summed E-state index contributed by atoms with van der Waals surface area (Å²) in [6.45, 7) is 0.169. The Morgan fingerprint density at radius 2 is 1.91 bits per heavy atom. The molecule has 2 aromatic carbocycles. The standard InChI is InChI=1S/C25H25ClN2O4/c26-22-15-19(32-13-12-29)10-11-20(22)17-6-8-18(9-7-17)23-21(24(30)28-25(31)27-23)14-16-4-2-1-3-5-16/h1-6,10-11,15,18,29H,7-9,12-14H2,(H2,27,28,30,31). The van der Waals surface area contributed by atoms with Crippen molar-refractivity contribution in [3.8, 4) is 5.75 Å². The van der Waals surface area contributed by atoms with E-state index in [1.807, 2.05) is 42.5 Å². The van der Waals surface area contributed by atoms with Crippen LogP contribution in [-0.4, -0.2) is 28.3 Å². The normalized spacial score (nSPS) is 15.9. The summed E-state index contributed by atoms with van der Waals surface area (Å²) >= 11 is 6.48. The topological polar surface area (TPSA) is 95.2 Å². The van der Waals surface area contributed by atoms with Gasteiger partial charge >= 0.3 is 5.69 Å². The number of hydrogen-bond donors (Lipinski definition) is 3. The average Bonchev–Trinajstić information content (AvgIpc) is 2.80. The number of aromatic amines is 2.